The van der Waals surface area contributed by atoms with Crippen molar-refractivity contribution in [2.24, 2.45) is 0 Å². The van der Waals surface area contributed by atoms with Gasteiger partial charge in [-0.1, -0.05) is 71.9 Å². The molecule has 1 amide bonds. The first-order valence-electron chi connectivity index (χ1n) is 11.8. The first-order chi connectivity index (χ1) is 17.3. The van der Waals surface area contributed by atoms with Crippen LogP contribution in [0.5, 0.6) is 5.75 Å². The van der Waals surface area contributed by atoms with E-state index in [4.69, 9.17) is 4.74 Å². The Morgan fingerprint density at radius 2 is 1.75 bits per heavy atom. The van der Waals surface area contributed by atoms with E-state index in [2.05, 4.69) is 57.4 Å². The highest BCUT2D eigenvalue weighted by Crippen LogP contribution is 2.29. The summed E-state index contributed by atoms with van der Waals surface area (Å²) in [6.07, 6.45) is -0.350. The van der Waals surface area contributed by atoms with Gasteiger partial charge in [-0.15, -0.1) is 10.2 Å². The number of aryl methyl sites for hydroxylation is 1. The number of anilines is 1. The number of para-hydroxylation sites is 1. The number of hydrogen-bond donors (Lipinski definition) is 1. The molecule has 0 spiro atoms. The maximum atomic E-state index is 12.7. The average Bonchev–Trinajstić information content (AvgIpc) is 3.30. The van der Waals surface area contributed by atoms with Crippen molar-refractivity contribution in [3.05, 3.63) is 94.2 Å². The molecule has 0 radical (unpaired) electrons. The van der Waals surface area contributed by atoms with Crippen LogP contribution >= 0.6 is 27.7 Å². The van der Waals surface area contributed by atoms with Crippen molar-refractivity contribution < 1.29 is 9.53 Å². The summed E-state index contributed by atoms with van der Waals surface area (Å²) in [7, 11) is 0. The van der Waals surface area contributed by atoms with Gasteiger partial charge in [-0.25, -0.2) is 0 Å². The van der Waals surface area contributed by atoms with E-state index >= 15 is 0 Å². The van der Waals surface area contributed by atoms with Crippen molar-refractivity contribution in [1.82, 2.24) is 14.8 Å². The van der Waals surface area contributed by atoms with Crippen molar-refractivity contribution in [3.63, 3.8) is 0 Å². The SMILES string of the molecule is Cc1cc(NC(=O)CSc2nnc(C(C)Oc3ccc(C(C)C)cc3)n2-c2ccccc2)ccc1Br. The lowest BCUT2D eigenvalue weighted by Crippen LogP contribution is -2.15. The van der Waals surface area contributed by atoms with Gasteiger partial charge in [-0.2, -0.15) is 0 Å². The lowest BCUT2D eigenvalue weighted by molar-refractivity contribution is -0.113. The molecule has 1 aromatic heterocycles. The Kier molecular flexibility index (Phi) is 8.48. The summed E-state index contributed by atoms with van der Waals surface area (Å²) in [6, 6.07) is 23.7. The molecule has 0 aliphatic carbocycles. The molecule has 3 aromatic carbocycles. The number of aromatic nitrogens is 3. The molecular weight excluding hydrogens is 536 g/mol. The molecule has 6 nitrogen and oxygen atoms in total. The molecule has 1 unspecified atom stereocenters. The predicted molar refractivity (Wildman–Crippen MR) is 149 cm³/mol. The lowest BCUT2D eigenvalue weighted by atomic mass is 10.0. The fourth-order valence-electron chi connectivity index (χ4n) is 3.70. The highest BCUT2D eigenvalue weighted by Gasteiger charge is 2.22. The minimum absolute atomic E-state index is 0.111. The van der Waals surface area contributed by atoms with Crippen molar-refractivity contribution in [1.29, 1.82) is 0 Å². The highest BCUT2D eigenvalue weighted by molar-refractivity contribution is 9.10. The van der Waals surface area contributed by atoms with Gasteiger partial charge >= 0.3 is 0 Å². The van der Waals surface area contributed by atoms with Crippen molar-refractivity contribution in [2.45, 2.75) is 44.9 Å². The van der Waals surface area contributed by atoms with Crippen molar-refractivity contribution in [3.8, 4) is 11.4 Å². The lowest BCUT2D eigenvalue weighted by Gasteiger charge is -2.17. The van der Waals surface area contributed by atoms with E-state index in [1.54, 1.807) is 0 Å². The fourth-order valence-corrected chi connectivity index (χ4v) is 4.70. The van der Waals surface area contributed by atoms with Gasteiger partial charge in [0.25, 0.3) is 0 Å². The number of nitrogens with zero attached hydrogens (tertiary/aromatic N) is 3. The third-order valence-electron chi connectivity index (χ3n) is 5.67. The Morgan fingerprint density at radius 3 is 2.42 bits per heavy atom. The number of hydrogen-bond acceptors (Lipinski definition) is 5. The third-order valence-corrected chi connectivity index (χ3v) is 7.49. The van der Waals surface area contributed by atoms with Gasteiger partial charge in [0.2, 0.25) is 5.91 Å². The van der Waals surface area contributed by atoms with Crippen LogP contribution < -0.4 is 10.1 Å². The Labute approximate surface area is 224 Å². The van der Waals surface area contributed by atoms with Crippen LogP contribution in [0.15, 0.2) is 82.4 Å². The fraction of sp³-hybridized carbons (Fsp3) is 0.250. The zero-order chi connectivity index (χ0) is 25.7. The molecule has 1 heterocycles. The number of benzene rings is 3. The zero-order valence-electron chi connectivity index (χ0n) is 20.7. The number of rotatable bonds is 9. The Hall–Kier alpha value is -3.10. The Balaban J connectivity index is 1.51. The molecular formula is C28H29BrN4O2S. The minimum atomic E-state index is -0.350. The number of amides is 1. The van der Waals surface area contributed by atoms with Crippen molar-refractivity contribution in [2.75, 3.05) is 11.1 Å². The molecule has 0 saturated carbocycles. The van der Waals surface area contributed by atoms with E-state index in [9.17, 15) is 4.79 Å². The molecule has 186 valence electrons. The van der Waals surface area contributed by atoms with Crippen LogP contribution in [-0.2, 0) is 4.79 Å². The Morgan fingerprint density at radius 1 is 1.03 bits per heavy atom. The van der Waals surface area contributed by atoms with Gasteiger partial charge < -0.3 is 10.1 Å². The van der Waals surface area contributed by atoms with Gasteiger partial charge in [-0.3, -0.25) is 9.36 Å². The van der Waals surface area contributed by atoms with Crippen LogP contribution in [0.2, 0.25) is 0 Å². The number of carbonyl (C=O) groups is 1. The molecule has 0 fully saturated rings. The third kappa shape index (κ3) is 6.36. The number of halogens is 1. The second-order valence-electron chi connectivity index (χ2n) is 8.80. The minimum Gasteiger partial charge on any atom is -0.483 e. The van der Waals surface area contributed by atoms with Gasteiger partial charge in [-0.05, 0) is 73.4 Å². The first-order valence-corrected chi connectivity index (χ1v) is 13.6. The van der Waals surface area contributed by atoms with E-state index in [1.807, 2.05) is 79.1 Å². The number of ether oxygens (including phenoxy) is 1. The zero-order valence-corrected chi connectivity index (χ0v) is 23.1. The second kappa shape index (κ2) is 11.8. The van der Waals surface area contributed by atoms with E-state index < -0.39 is 0 Å². The number of thioether (sulfide) groups is 1. The summed E-state index contributed by atoms with van der Waals surface area (Å²) in [5.74, 6) is 1.99. The average molecular weight is 566 g/mol. The van der Waals surface area contributed by atoms with Crippen LogP contribution in [0.25, 0.3) is 5.69 Å². The summed E-state index contributed by atoms with van der Waals surface area (Å²) in [4.78, 5) is 12.7. The summed E-state index contributed by atoms with van der Waals surface area (Å²) < 4.78 is 9.18. The van der Waals surface area contributed by atoms with E-state index in [-0.39, 0.29) is 17.8 Å². The van der Waals surface area contributed by atoms with Crippen LogP contribution in [-0.4, -0.2) is 26.4 Å². The van der Waals surface area contributed by atoms with Crippen molar-refractivity contribution >= 4 is 39.3 Å². The van der Waals surface area contributed by atoms with E-state index in [0.29, 0.717) is 16.9 Å². The molecule has 1 N–H and O–H groups in total. The molecule has 0 saturated heterocycles. The maximum Gasteiger partial charge on any atom is 0.234 e. The van der Waals surface area contributed by atoms with Crippen LogP contribution in [0.1, 0.15) is 49.7 Å². The van der Waals surface area contributed by atoms with Crippen LogP contribution in [0.4, 0.5) is 5.69 Å². The Bertz CT molecular complexity index is 1320. The molecule has 0 aliphatic heterocycles. The van der Waals surface area contributed by atoms with Crippen LogP contribution in [0, 0.1) is 6.92 Å². The summed E-state index contributed by atoms with van der Waals surface area (Å²) in [5, 5.41) is 12.4. The van der Waals surface area contributed by atoms with E-state index in [1.165, 1.54) is 17.3 Å². The number of carbonyl (C=O) groups excluding carboxylic acids is 1. The predicted octanol–water partition coefficient (Wildman–Crippen LogP) is 7.33. The summed E-state index contributed by atoms with van der Waals surface area (Å²) >= 11 is 4.82. The monoisotopic (exact) mass is 564 g/mol. The van der Waals surface area contributed by atoms with Gasteiger partial charge in [0.15, 0.2) is 17.1 Å². The quantitative estimate of drug-likeness (QED) is 0.215. The van der Waals surface area contributed by atoms with Crippen LogP contribution in [0.3, 0.4) is 0 Å². The highest BCUT2D eigenvalue weighted by atomic mass is 79.9. The van der Waals surface area contributed by atoms with E-state index in [0.717, 1.165) is 27.2 Å². The van der Waals surface area contributed by atoms with Gasteiger partial charge in [0, 0.05) is 15.8 Å². The maximum absolute atomic E-state index is 12.7. The molecule has 8 heteroatoms. The summed E-state index contributed by atoms with van der Waals surface area (Å²) in [5.41, 5.74) is 3.99. The molecule has 0 bridgehead atoms. The molecule has 1 atom stereocenters. The van der Waals surface area contributed by atoms with Gasteiger partial charge in [0.05, 0.1) is 5.75 Å². The second-order valence-corrected chi connectivity index (χ2v) is 10.6. The standard InChI is InChI=1S/C28H29BrN4O2S/c1-18(2)21-10-13-24(14-11-21)35-20(4)27-31-32-28(33(27)23-8-6-5-7-9-23)36-17-26(34)30-22-12-15-25(29)19(3)16-22/h5-16,18,20H,17H2,1-4H3,(H,30,34). The molecule has 36 heavy (non-hydrogen) atoms. The molecule has 0 aliphatic rings. The normalized spacial score (nSPS) is 11.9. The largest absolute Gasteiger partial charge is 0.483 e. The molecule has 4 aromatic rings. The van der Waals surface area contributed by atoms with Gasteiger partial charge in [0.1, 0.15) is 5.75 Å². The number of nitrogens with one attached hydrogen (secondary N) is 1. The smallest absolute Gasteiger partial charge is 0.234 e. The first kappa shape index (κ1) is 26.0. The summed E-state index contributed by atoms with van der Waals surface area (Å²) in [6.45, 7) is 8.28. The molecule has 4 rings (SSSR count). The topological polar surface area (TPSA) is 69.0 Å².